The van der Waals surface area contributed by atoms with Crippen molar-refractivity contribution in [1.29, 1.82) is 0 Å². The van der Waals surface area contributed by atoms with Crippen LogP contribution in [0.15, 0.2) is 16.9 Å². The van der Waals surface area contributed by atoms with E-state index < -0.39 is 21.3 Å². The molecule has 15 heavy (non-hydrogen) atoms. The first-order chi connectivity index (χ1) is 6.89. The Hall–Kier alpha value is -1.48. The molecular weight excluding hydrogens is 240 g/mol. The van der Waals surface area contributed by atoms with Crippen molar-refractivity contribution in [3.8, 4) is 0 Å². The largest absolute Gasteiger partial charge is 0.392 e. The molecule has 0 aliphatic heterocycles. The molecule has 0 saturated carbocycles. The highest BCUT2D eigenvalue weighted by atomic mass is 32.2. The van der Waals surface area contributed by atoms with Gasteiger partial charge in [-0.05, 0) is 6.07 Å². The summed E-state index contributed by atoms with van der Waals surface area (Å²) in [6.07, 6.45) is 0. The quantitative estimate of drug-likeness (QED) is 0.576. The normalized spacial score (nSPS) is 10.9. The average molecular weight is 248 g/mol. The number of hydrogen-bond acceptors (Lipinski definition) is 5. The van der Waals surface area contributed by atoms with Crippen molar-refractivity contribution in [2.24, 2.45) is 5.73 Å². The Labute approximate surface area is 90.7 Å². The van der Waals surface area contributed by atoms with Gasteiger partial charge in [-0.1, -0.05) is 12.2 Å². The zero-order chi connectivity index (χ0) is 11.5. The first-order valence-electron chi connectivity index (χ1n) is 3.73. The zero-order valence-corrected chi connectivity index (χ0v) is 9.06. The van der Waals surface area contributed by atoms with Crippen molar-refractivity contribution < 1.29 is 8.42 Å². The Morgan fingerprint density at radius 3 is 2.73 bits per heavy atom. The van der Waals surface area contributed by atoms with Crippen molar-refractivity contribution >= 4 is 33.0 Å². The summed E-state index contributed by atoms with van der Waals surface area (Å²) in [6, 6.07) is 2.38. The van der Waals surface area contributed by atoms with Crippen LogP contribution in [0.2, 0.25) is 0 Å². The summed E-state index contributed by atoms with van der Waals surface area (Å²) < 4.78 is 24.7. The van der Waals surface area contributed by atoms with E-state index in [2.05, 4.69) is 27.1 Å². The molecule has 1 heterocycles. The van der Waals surface area contributed by atoms with Gasteiger partial charge in [-0.2, -0.15) is 5.10 Å². The lowest BCUT2D eigenvalue weighted by molar-refractivity contribution is 0.604. The maximum Gasteiger partial charge on any atom is 0.264 e. The second kappa shape index (κ2) is 4.36. The molecule has 1 aromatic heterocycles. The average Bonchev–Trinajstić information content (AvgIpc) is 2.06. The van der Waals surface area contributed by atoms with Gasteiger partial charge in [0.1, 0.15) is 5.75 Å². The van der Waals surface area contributed by atoms with E-state index in [1.807, 2.05) is 0 Å². The van der Waals surface area contributed by atoms with Gasteiger partial charge in [0.2, 0.25) is 10.0 Å². The van der Waals surface area contributed by atoms with Crippen LogP contribution >= 0.6 is 12.2 Å². The summed E-state index contributed by atoms with van der Waals surface area (Å²) in [7, 11) is -3.65. The molecule has 0 aliphatic carbocycles. The van der Waals surface area contributed by atoms with Crippen molar-refractivity contribution in [1.82, 2.24) is 10.2 Å². The summed E-state index contributed by atoms with van der Waals surface area (Å²) >= 11 is 4.46. The van der Waals surface area contributed by atoms with Gasteiger partial charge in [0, 0.05) is 6.07 Å². The predicted octanol–water partition coefficient (Wildman–Crippen LogP) is -1.20. The second-order valence-electron chi connectivity index (χ2n) is 2.63. The monoisotopic (exact) mass is 248 g/mol. The Balaban J connectivity index is 2.82. The molecule has 0 bridgehead atoms. The van der Waals surface area contributed by atoms with Crippen LogP contribution in [-0.2, 0) is 10.0 Å². The van der Waals surface area contributed by atoms with Crippen LogP contribution in [0.3, 0.4) is 0 Å². The summed E-state index contributed by atoms with van der Waals surface area (Å²) in [5, 5.41) is 5.54. The van der Waals surface area contributed by atoms with Gasteiger partial charge >= 0.3 is 0 Å². The van der Waals surface area contributed by atoms with Gasteiger partial charge in [-0.3, -0.25) is 9.52 Å². The highest BCUT2D eigenvalue weighted by Crippen LogP contribution is 2.00. The predicted molar refractivity (Wildman–Crippen MR) is 59.1 cm³/mol. The van der Waals surface area contributed by atoms with Crippen molar-refractivity contribution in [2.75, 3.05) is 10.5 Å². The number of rotatable bonds is 4. The van der Waals surface area contributed by atoms with E-state index in [-0.39, 0.29) is 10.8 Å². The fraction of sp³-hybridized carbons (Fsp3) is 0.167. The van der Waals surface area contributed by atoms with Gasteiger partial charge in [-0.15, -0.1) is 0 Å². The molecule has 0 unspecified atom stereocenters. The number of sulfonamides is 1. The Morgan fingerprint density at radius 2 is 2.27 bits per heavy atom. The lowest BCUT2D eigenvalue weighted by atomic mass is 10.5. The summed E-state index contributed by atoms with van der Waals surface area (Å²) in [4.78, 5) is 10.5. The molecular formula is C6H8N4O3S2. The lowest BCUT2D eigenvalue weighted by Gasteiger charge is -2.04. The number of hydrogen-bond donors (Lipinski definition) is 3. The number of anilines is 1. The molecule has 0 fully saturated rings. The number of nitrogens with two attached hydrogens (primary N) is 1. The molecule has 9 heteroatoms. The topological polar surface area (TPSA) is 118 Å². The SMILES string of the molecule is NC(=S)CS(=O)(=O)Nc1ccc(=O)[nH]n1. The van der Waals surface area contributed by atoms with Gasteiger partial charge in [0.25, 0.3) is 5.56 Å². The van der Waals surface area contributed by atoms with Crippen LogP contribution in [0, 0.1) is 0 Å². The first kappa shape index (κ1) is 11.6. The van der Waals surface area contributed by atoms with E-state index in [9.17, 15) is 13.2 Å². The van der Waals surface area contributed by atoms with E-state index in [0.717, 1.165) is 6.07 Å². The number of aromatic nitrogens is 2. The standard InChI is InChI=1S/C6H8N4O3S2/c7-4(14)3-15(12,13)10-5-1-2-6(11)9-8-5/h1-2H,3H2,(H2,7,14)(H,8,10)(H,9,11). The van der Waals surface area contributed by atoms with E-state index >= 15 is 0 Å². The van der Waals surface area contributed by atoms with Crippen molar-refractivity contribution in [3.63, 3.8) is 0 Å². The minimum atomic E-state index is -3.65. The highest BCUT2D eigenvalue weighted by molar-refractivity contribution is 7.95. The minimum absolute atomic E-state index is 0.00542. The van der Waals surface area contributed by atoms with Crippen LogP contribution < -0.4 is 16.0 Å². The highest BCUT2D eigenvalue weighted by Gasteiger charge is 2.12. The van der Waals surface area contributed by atoms with E-state index in [1.165, 1.54) is 6.07 Å². The maximum atomic E-state index is 11.3. The van der Waals surface area contributed by atoms with Crippen LogP contribution in [0.25, 0.3) is 0 Å². The fourth-order valence-electron chi connectivity index (χ4n) is 0.784. The molecule has 82 valence electrons. The van der Waals surface area contributed by atoms with E-state index in [0.29, 0.717) is 0 Å². The van der Waals surface area contributed by atoms with Gasteiger partial charge < -0.3 is 5.73 Å². The van der Waals surface area contributed by atoms with Gasteiger partial charge in [0.15, 0.2) is 5.82 Å². The molecule has 0 atom stereocenters. The summed E-state index contributed by atoms with van der Waals surface area (Å²) in [6.45, 7) is 0. The Bertz CT molecular complexity index is 501. The molecule has 0 spiro atoms. The molecule has 1 rings (SSSR count). The molecule has 1 aromatic rings. The molecule has 7 nitrogen and oxygen atoms in total. The second-order valence-corrected chi connectivity index (χ2v) is 4.88. The number of H-pyrrole nitrogens is 1. The van der Waals surface area contributed by atoms with Crippen LogP contribution in [0.4, 0.5) is 5.82 Å². The fourth-order valence-corrected chi connectivity index (χ4v) is 2.13. The third kappa shape index (κ3) is 4.04. The molecule has 0 aliphatic rings. The van der Waals surface area contributed by atoms with E-state index in [1.54, 1.807) is 0 Å². The smallest absolute Gasteiger partial charge is 0.264 e. The number of nitrogens with one attached hydrogen (secondary N) is 2. The third-order valence-corrected chi connectivity index (χ3v) is 2.81. The molecule has 0 amide bonds. The number of nitrogens with zero attached hydrogens (tertiary/aromatic N) is 1. The summed E-state index contributed by atoms with van der Waals surface area (Å²) in [5.74, 6) is -0.464. The van der Waals surface area contributed by atoms with Crippen LogP contribution in [-0.4, -0.2) is 29.4 Å². The first-order valence-corrected chi connectivity index (χ1v) is 5.80. The van der Waals surface area contributed by atoms with Crippen LogP contribution in [0.5, 0.6) is 0 Å². The Morgan fingerprint density at radius 1 is 1.60 bits per heavy atom. The van der Waals surface area contributed by atoms with Crippen molar-refractivity contribution in [2.45, 2.75) is 0 Å². The van der Waals surface area contributed by atoms with Gasteiger partial charge in [0.05, 0.1) is 4.99 Å². The third-order valence-electron chi connectivity index (χ3n) is 1.27. The molecule has 0 aromatic carbocycles. The lowest BCUT2D eigenvalue weighted by Crippen LogP contribution is -2.27. The molecule has 4 N–H and O–H groups in total. The number of aromatic amines is 1. The van der Waals surface area contributed by atoms with E-state index in [4.69, 9.17) is 5.73 Å². The van der Waals surface area contributed by atoms with Gasteiger partial charge in [-0.25, -0.2) is 13.5 Å². The zero-order valence-electron chi connectivity index (χ0n) is 7.43. The molecule has 0 radical (unpaired) electrons. The van der Waals surface area contributed by atoms with Crippen molar-refractivity contribution in [3.05, 3.63) is 22.5 Å². The minimum Gasteiger partial charge on any atom is -0.392 e. The van der Waals surface area contributed by atoms with Crippen LogP contribution in [0.1, 0.15) is 0 Å². The summed E-state index contributed by atoms with van der Waals surface area (Å²) in [5.41, 5.74) is 4.67. The number of thiocarbonyl (C=S) groups is 1. The Kier molecular flexibility index (Phi) is 3.37. The maximum absolute atomic E-state index is 11.3. The molecule has 0 saturated heterocycles.